The predicted molar refractivity (Wildman–Crippen MR) is 94.9 cm³/mol. The number of imide groups is 1. The molecule has 1 saturated heterocycles. The lowest BCUT2D eigenvalue weighted by Gasteiger charge is -2.13. The molecular weight excluding hydrogens is 340 g/mol. The van der Waals surface area contributed by atoms with Crippen molar-refractivity contribution in [1.29, 1.82) is 0 Å². The molecule has 1 aromatic carbocycles. The number of aromatic nitrogens is 2. The fourth-order valence-corrected chi connectivity index (χ4v) is 3.19. The molecule has 2 aromatic rings. The van der Waals surface area contributed by atoms with Gasteiger partial charge in [-0.1, -0.05) is 23.9 Å². The van der Waals surface area contributed by atoms with Crippen LogP contribution < -0.4 is 5.32 Å². The average Bonchev–Trinajstić information content (AvgIpc) is 3.22. The smallest absolute Gasteiger partial charge is 0.289 e. The van der Waals surface area contributed by atoms with Crippen LogP contribution in [0.5, 0.6) is 0 Å². The molecule has 1 fully saturated rings. The van der Waals surface area contributed by atoms with E-state index in [2.05, 4.69) is 10.4 Å². The van der Waals surface area contributed by atoms with Gasteiger partial charge in [0.2, 0.25) is 11.8 Å². The Balaban J connectivity index is 1.46. The van der Waals surface area contributed by atoms with Crippen molar-refractivity contribution in [3.8, 4) is 0 Å². The number of hydrogen-bond acceptors (Lipinski definition) is 5. The fourth-order valence-electron chi connectivity index (χ4n) is 2.47. The number of thioether (sulfide) groups is 1. The first-order chi connectivity index (χ1) is 12.1. The Hall–Kier alpha value is -2.61. The van der Waals surface area contributed by atoms with E-state index < -0.39 is 0 Å². The van der Waals surface area contributed by atoms with E-state index >= 15 is 0 Å². The number of amides is 3. The summed E-state index contributed by atoms with van der Waals surface area (Å²) >= 11 is 1.03. The number of anilines is 1. The van der Waals surface area contributed by atoms with E-state index in [0.29, 0.717) is 25.1 Å². The van der Waals surface area contributed by atoms with Gasteiger partial charge < -0.3 is 5.32 Å². The van der Waals surface area contributed by atoms with Gasteiger partial charge in [-0.25, -0.2) is 0 Å². The van der Waals surface area contributed by atoms with Gasteiger partial charge in [-0.15, -0.1) is 0 Å². The molecule has 130 valence electrons. The molecule has 1 aliphatic rings. The van der Waals surface area contributed by atoms with Crippen molar-refractivity contribution in [3.05, 3.63) is 48.3 Å². The molecule has 0 aliphatic carbocycles. The average molecular weight is 358 g/mol. The van der Waals surface area contributed by atoms with Gasteiger partial charge in [0.05, 0.1) is 12.3 Å². The van der Waals surface area contributed by atoms with Gasteiger partial charge in [-0.05, 0) is 30.2 Å². The first-order valence-electron chi connectivity index (χ1n) is 7.95. The molecule has 8 heteroatoms. The Morgan fingerprint density at radius 2 is 2.04 bits per heavy atom. The van der Waals surface area contributed by atoms with Crippen LogP contribution in [0.1, 0.15) is 18.4 Å². The van der Waals surface area contributed by atoms with Crippen molar-refractivity contribution in [2.45, 2.75) is 25.9 Å². The van der Waals surface area contributed by atoms with E-state index in [0.717, 1.165) is 17.3 Å². The van der Waals surface area contributed by atoms with Gasteiger partial charge >= 0.3 is 0 Å². The summed E-state index contributed by atoms with van der Waals surface area (Å²) in [6, 6.07) is 9.02. The molecule has 0 atom stereocenters. The highest BCUT2D eigenvalue weighted by molar-refractivity contribution is 8.14. The topological polar surface area (TPSA) is 84.3 Å². The van der Waals surface area contributed by atoms with E-state index in [1.54, 1.807) is 23.0 Å². The van der Waals surface area contributed by atoms with Crippen molar-refractivity contribution in [2.24, 2.45) is 0 Å². The summed E-state index contributed by atoms with van der Waals surface area (Å²) < 4.78 is 1.79. The van der Waals surface area contributed by atoms with E-state index in [9.17, 15) is 14.4 Å². The fraction of sp³-hybridized carbons (Fsp3) is 0.294. The van der Waals surface area contributed by atoms with Gasteiger partial charge in [0.15, 0.2) is 0 Å². The van der Waals surface area contributed by atoms with Crippen molar-refractivity contribution in [2.75, 3.05) is 11.1 Å². The zero-order valence-corrected chi connectivity index (χ0v) is 14.4. The molecule has 1 aliphatic heterocycles. The van der Waals surface area contributed by atoms with E-state index in [4.69, 9.17) is 0 Å². The zero-order chi connectivity index (χ0) is 17.6. The highest BCUT2D eigenvalue weighted by Gasteiger charge is 2.29. The molecular formula is C17H18N4O3S. The number of rotatable bonds is 7. The van der Waals surface area contributed by atoms with Gasteiger partial charge in [-0.2, -0.15) is 5.10 Å². The third-order valence-electron chi connectivity index (χ3n) is 3.77. The number of aryl methyl sites for hydroxylation is 1. The van der Waals surface area contributed by atoms with Crippen molar-refractivity contribution in [3.63, 3.8) is 0 Å². The lowest BCUT2D eigenvalue weighted by molar-refractivity contribution is -0.125. The minimum Gasteiger partial charge on any atom is -0.326 e. The minimum atomic E-state index is -0.209. The summed E-state index contributed by atoms with van der Waals surface area (Å²) in [5, 5.41) is 6.72. The third kappa shape index (κ3) is 4.69. The molecule has 7 nitrogen and oxygen atoms in total. The standard InChI is InChI=1S/C17H18N4O3S/c22-15(3-1-9-20-10-2-8-18-20)19-14-6-4-13(5-7-14)11-21-16(23)12-25-17(21)24/h2,4-8,10H,1,3,9,11-12H2,(H,19,22). The summed E-state index contributed by atoms with van der Waals surface area (Å²) in [5.74, 6) is -0.00309. The minimum absolute atomic E-state index is 0.0544. The number of hydrogen-bond donors (Lipinski definition) is 1. The molecule has 2 heterocycles. The molecule has 1 aromatic heterocycles. The number of benzene rings is 1. The summed E-state index contributed by atoms with van der Waals surface area (Å²) in [6.07, 6.45) is 4.70. The van der Waals surface area contributed by atoms with E-state index in [1.165, 1.54) is 4.90 Å². The monoisotopic (exact) mass is 358 g/mol. The van der Waals surface area contributed by atoms with E-state index in [1.807, 2.05) is 24.4 Å². The Morgan fingerprint density at radius 3 is 2.68 bits per heavy atom. The summed E-state index contributed by atoms with van der Waals surface area (Å²) in [6.45, 7) is 0.970. The largest absolute Gasteiger partial charge is 0.326 e. The van der Waals surface area contributed by atoms with E-state index in [-0.39, 0.29) is 29.4 Å². The molecule has 3 amide bonds. The van der Waals surface area contributed by atoms with Crippen LogP contribution in [0.15, 0.2) is 42.7 Å². The summed E-state index contributed by atoms with van der Waals surface area (Å²) in [4.78, 5) is 36.4. The van der Waals surface area contributed by atoms with Crippen LogP contribution in [0, 0.1) is 0 Å². The van der Waals surface area contributed by atoms with Crippen LogP contribution in [-0.4, -0.2) is 37.5 Å². The maximum Gasteiger partial charge on any atom is 0.289 e. The van der Waals surface area contributed by atoms with Crippen LogP contribution in [0.4, 0.5) is 10.5 Å². The van der Waals surface area contributed by atoms with Crippen molar-refractivity contribution < 1.29 is 14.4 Å². The van der Waals surface area contributed by atoms with Crippen LogP contribution >= 0.6 is 11.8 Å². The first-order valence-corrected chi connectivity index (χ1v) is 8.94. The highest BCUT2D eigenvalue weighted by Crippen LogP contribution is 2.21. The molecule has 0 bridgehead atoms. The second-order valence-electron chi connectivity index (χ2n) is 5.65. The van der Waals surface area contributed by atoms with Gasteiger partial charge in [0.25, 0.3) is 5.24 Å². The first kappa shape index (κ1) is 17.2. The Kier molecular flexibility index (Phi) is 5.49. The number of carbonyl (C=O) groups excluding carboxylic acids is 3. The summed E-state index contributed by atoms with van der Waals surface area (Å²) in [7, 11) is 0. The van der Waals surface area contributed by atoms with Crippen LogP contribution in [-0.2, 0) is 22.7 Å². The van der Waals surface area contributed by atoms with Crippen LogP contribution in [0.2, 0.25) is 0 Å². The molecule has 25 heavy (non-hydrogen) atoms. The van der Waals surface area contributed by atoms with Gasteiger partial charge in [0.1, 0.15) is 0 Å². The number of nitrogens with one attached hydrogen (secondary N) is 1. The number of nitrogens with zero attached hydrogens (tertiary/aromatic N) is 3. The summed E-state index contributed by atoms with van der Waals surface area (Å²) in [5.41, 5.74) is 1.54. The normalized spacial score (nSPS) is 14.2. The van der Waals surface area contributed by atoms with Crippen LogP contribution in [0.3, 0.4) is 0 Å². The van der Waals surface area contributed by atoms with Gasteiger partial charge in [-0.3, -0.25) is 24.0 Å². The van der Waals surface area contributed by atoms with Gasteiger partial charge in [0, 0.05) is 31.0 Å². The molecule has 0 radical (unpaired) electrons. The highest BCUT2D eigenvalue weighted by atomic mass is 32.2. The van der Waals surface area contributed by atoms with Crippen molar-refractivity contribution in [1.82, 2.24) is 14.7 Å². The second-order valence-corrected chi connectivity index (χ2v) is 6.58. The van der Waals surface area contributed by atoms with Crippen LogP contribution in [0.25, 0.3) is 0 Å². The third-order valence-corrected chi connectivity index (χ3v) is 4.63. The van der Waals surface area contributed by atoms with Crippen molar-refractivity contribution >= 4 is 34.5 Å². The predicted octanol–water partition coefficient (Wildman–Crippen LogP) is 2.50. The number of carbonyl (C=O) groups is 3. The molecule has 0 saturated carbocycles. The Morgan fingerprint density at radius 1 is 1.24 bits per heavy atom. The maximum absolute atomic E-state index is 11.9. The molecule has 0 unspecified atom stereocenters. The Bertz CT molecular complexity index is 743. The zero-order valence-electron chi connectivity index (χ0n) is 13.6. The SMILES string of the molecule is O=C(CCCn1cccn1)Nc1ccc(CN2C(=O)CSC2=O)cc1. The maximum atomic E-state index is 11.9. The lowest BCUT2D eigenvalue weighted by atomic mass is 10.2. The lowest BCUT2D eigenvalue weighted by Crippen LogP contribution is -2.27. The second kappa shape index (κ2) is 7.98. The molecule has 0 spiro atoms. The molecule has 1 N–H and O–H groups in total. The quantitative estimate of drug-likeness (QED) is 0.822. The Labute approximate surface area is 149 Å². The molecule has 3 rings (SSSR count).